The van der Waals surface area contributed by atoms with Gasteiger partial charge in [0.15, 0.2) is 5.78 Å². The van der Waals surface area contributed by atoms with Gasteiger partial charge in [-0.15, -0.1) is 23.1 Å². The van der Waals surface area contributed by atoms with E-state index in [0.29, 0.717) is 11.3 Å². The summed E-state index contributed by atoms with van der Waals surface area (Å²) in [6.07, 6.45) is 6.98. The number of hydrogen-bond donors (Lipinski definition) is 1. The second-order valence-electron chi connectivity index (χ2n) is 6.44. The highest BCUT2D eigenvalue weighted by atomic mass is 32.2. The van der Waals surface area contributed by atoms with E-state index in [1.807, 2.05) is 23.5 Å². The quantitative estimate of drug-likeness (QED) is 0.770. The van der Waals surface area contributed by atoms with E-state index in [1.165, 1.54) is 47.9 Å². The first-order chi connectivity index (χ1) is 12.1. The Morgan fingerprint density at radius 3 is 2.80 bits per heavy atom. The fourth-order valence-corrected chi connectivity index (χ4v) is 5.91. The van der Waals surface area contributed by atoms with E-state index in [2.05, 4.69) is 5.32 Å². The average Bonchev–Trinajstić information content (AvgIpc) is 2.99. The molecule has 1 aliphatic heterocycles. The molecular weight excluding hydrogens is 350 g/mol. The molecule has 2 aromatic rings. The third-order valence-corrected chi connectivity index (χ3v) is 7.03. The minimum Gasteiger partial charge on any atom is -0.322 e. The van der Waals surface area contributed by atoms with Gasteiger partial charge in [0.1, 0.15) is 0 Å². The second-order valence-corrected chi connectivity index (χ2v) is 8.60. The molecule has 128 valence electrons. The van der Waals surface area contributed by atoms with Crippen molar-refractivity contribution >= 4 is 46.6 Å². The minimum atomic E-state index is -0.0947. The average molecular weight is 370 g/mol. The van der Waals surface area contributed by atoms with Crippen molar-refractivity contribution in [2.75, 3.05) is 5.32 Å². The van der Waals surface area contributed by atoms with Crippen molar-refractivity contribution in [2.24, 2.45) is 0 Å². The molecule has 0 spiro atoms. The largest absolute Gasteiger partial charge is 0.322 e. The number of amides is 1. The molecule has 2 heterocycles. The number of thiophene rings is 1. The number of carbonyl (C=O) groups excluding carboxylic acids is 2. The third kappa shape index (κ3) is 3.31. The Morgan fingerprint density at radius 1 is 1.12 bits per heavy atom. The van der Waals surface area contributed by atoms with Crippen molar-refractivity contribution < 1.29 is 9.59 Å². The SMILES string of the molecule is CC(=O)c1cccc(NC(=O)C2=Cc3sc4c(c3CS2)CCCC4)c1. The molecule has 3 nitrogen and oxygen atoms in total. The topological polar surface area (TPSA) is 46.2 Å². The van der Waals surface area contributed by atoms with E-state index in [0.717, 1.165) is 10.7 Å². The van der Waals surface area contributed by atoms with Crippen LogP contribution in [0.25, 0.3) is 6.08 Å². The van der Waals surface area contributed by atoms with Crippen LogP contribution in [0.4, 0.5) is 5.69 Å². The number of Topliss-reactive ketones (excluding diaryl/α,β-unsaturated/α-hetero) is 1. The predicted molar refractivity (Wildman–Crippen MR) is 105 cm³/mol. The molecule has 1 aromatic carbocycles. The van der Waals surface area contributed by atoms with Gasteiger partial charge in [0, 0.05) is 26.8 Å². The van der Waals surface area contributed by atoms with Crippen LogP contribution >= 0.6 is 23.1 Å². The zero-order valence-electron chi connectivity index (χ0n) is 14.1. The Hall–Kier alpha value is -1.85. The fraction of sp³-hybridized carbons (Fsp3) is 0.300. The standard InChI is InChI=1S/C20H19NO2S2/c1-12(22)13-5-4-6-14(9-13)21-20(23)19-10-18-16(11-24-19)15-7-2-3-8-17(15)25-18/h4-6,9-10H,2-3,7-8,11H2,1H3,(H,21,23). The van der Waals surface area contributed by atoms with Crippen LogP contribution in [-0.4, -0.2) is 11.7 Å². The molecular formula is C20H19NO2S2. The molecule has 25 heavy (non-hydrogen) atoms. The number of nitrogens with one attached hydrogen (secondary N) is 1. The highest BCUT2D eigenvalue weighted by Gasteiger charge is 2.25. The van der Waals surface area contributed by atoms with Crippen molar-refractivity contribution in [3.63, 3.8) is 0 Å². The molecule has 0 unspecified atom stereocenters. The van der Waals surface area contributed by atoms with Crippen LogP contribution in [0, 0.1) is 0 Å². The molecule has 4 rings (SSSR count). The van der Waals surface area contributed by atoms with E-state index in [1.54, 1.807) is 35.5 Å². The summed E-state index contributed by atoms with van der Waals surface area (Å²) in [7, 11) is 0. The van der Waals surface area contributed by atoms with E-state index < -0.39 is 0 Å². The molecule has 0 radical (unpaired) electrons. The van der Waals surface area contributed by atoms with Gasteiger partial charge in [-0.05, 0) is 61.9 Å². The molecule has 1 N–H and O–H groups in total. The highest BCUT2D eigenvalue weighted by molar-refractivity contribution is 8.03. The molecule has 2 aliphatic rings. The Labute approximate surface area is 155 Å². The number of fused-ring (bicyclic) bond motifs is 3. The molecule has 1 aliphatic carbocycles. The van der Waals surface area contributed by atoms with E-state index in [-0.39, 0.29) is 11.7 Å². The Kier molecular flexibility index (Phi) is 4.52. The maximum atomic E-state index is 12.6. The van der Waals surface area contributed by atoms with Gasteiger partial charge >= 0.3 is 0 Å². The summed E-state index contributed by atoms with van der Waals surface area (Å²) in [5.74, 6) is 0.785. The van der Waals surface area contributed by atoms with Gasteiger partial charge in [0.25, 0.3) is 5.91 Å². The summed E-state index contributed by atoms with van der Waals surface area (Å²) in [5, 5.41) is 2.92. The van der Waals surface area contributed by atoms with Gasteiger partial charge < -0.3 is 5.32 Å². The first-order valence-electron chi connectivity index (χ1n) is 8.52. The molecule has 0 saturated carbocycles. The number of benzene rings is 1. The normalized spacial score (nSPS) is 15.8. The van der Waals surface area contributed by atoms with Gasteiger partial charge in [-0.25, -0.2) is 0 Å². The van der Waals surface area contributed by atoms with Gasteiger partial charge in [0.2, 0.25) is 0 Å². The smallest absolute Gasteiger partial charge is 0.262 e. The molecule has 0 fully saturated rings. The number of rotatable bonds is 3. The van der Waals surface area contributed by atoms with Crippen molar-refractivity contribution in [1.29, 1.82) is 0 Å². The second kappa shape index (κ2) is 6.81. The van der Waals surface area contributed by atoms with Crippen molar-refractivity contribution in [1.82, 2.24) is 0 Å². The van der Waals surface area contributed by atoms with E-state index >= 15 is 0 Å². The van der Waals surface area contributed by atoms with Crippen LogP contribution < -0.4 is 5.32 Å². The van der Waals surface area contributed by atoms with Crippen LogP contribution in [0.15, 0.2) is 29.2 Å². The lowest BCUT2D eigenvalue weighted by atomic mass is 9.95. The summed E-state index contributed by atoms with van der Waals surface area (Å²) in [6.45, 7) is 1.53. The predicted octanol–water partition coefficient (Wildman–Crippen LogP) is 5.06. The summed E-state index contributed by atoms with van der Waals surface area (Å²) >= 11 is 3.47. The number of carbonyl (C=O) groups is 2. The van der Waals surface area contributed by atoms with Gasteiger partial charge in [-0.1, -0.05) is 12.1 Å². The highest BCUT2D eigenvalue weighted by Crippen LogP contribution is 2.42. The number of aryl methyl sites for hydroxylation is 1. The molecule has 1 amide bonds. The number of thioether (sulfide) groups is 1. The van der Waals surface area contributed by atoms with Crippen LogP contribution in [0.3, 0.4) is 0 Å². The molecule has 0 atom stereocenters. The van der Waals surface area contributed by atoms with E-state index in [4.69, 9.17) is 0 Å². The fourth-order valence-electron chi connectivity index (χ4n) is 3.38. The van der Waals surface area contributed by atoms with Crippen molar-refractivity contribution in [2.45, 2.75) is 38.4 Å². The minimum absolute atomic E-state index is 0.00355. The molecule has 1 aromatic heterocycles. The third-order valence-electron chi connectivity index (χ3n) is 4.70. The Bertz CT molecular complexity index is 895. The summed E-state index contributed by atoms with van der Waals surface area (Å²) in [6, 6.07) is 7.09. The summed E-state index contributed by atoms with van der Waals surface area (Å²) in [5.41, 5.74) is 4.26. The summed E-state index contributed by atoms with van der Waals surface area (Å²) in [4.78, 5) is 27.6. The lowest BCUT2D eigenvalue weighted by Crippen LogP contribution is -2.14. The van der Waals surface area contributed by atoms with Crippen molar-refractivity contribution in [3.05, 3.63) is 55.6 Å². The maximum absolute atomic E-state index is 12.6. The monoisotopic (exact) mass is 369 g/mol. The molecule has 5 heteroatoms. The van der Waals surface area contributed by atoms with Gasteiger partial charge in [-0.3, -0.25) is 9.59 Å². The van der Waals surface area contributed by atoms with Crippen LogP contribution in [0.2, 0.25) is 0 Å². The van der Waals surface area contributed by atoms with Gasteiger partial charge in [0.05, 0.1) is 4.91 Å². The number of anilines is 1. The van der Waals surface area contributed by atoms with Crippen LogP contribution in [0.1, 0.15) is 51.0 Å². The zero-order chi connectivity index (χ0) is 17.4. The number of ketones is 1. The van der Waals surface area contributed by atoms with Crippen molar-refractivity contribution in [3.8, 4) is 0 Å². The first kappa shape index (κ1) is 16.6. The maximum Gasteiger partial charge on any atom is 0.262 e. The van der Waals surface area contributed by atoms with Crippen LogP contribution in [-0.2, 0) is 23.4 Å². The Morgan fingerprint density at radius 2 is 1.96 bits per heavy atom. The zero-order valence-corrected chi connectivity index (χ0v) is 15.7. The lowest BCUT2D eigenvalue weighted by Gasteiger charge is -2.16. The molecule has 0 bridgehead atoms. The molecule has 0 saturated heterocycles. The summed E-state index contributed by atoms with van der Waals surface area (Å²) < 4.78 is 0. The van der Waals surface area contributed by atoms with Gasteiger partial charge in [-0.2, -0.15) is 0 Å². The van der Waals surface area contributed by atoms with Crippen LogP contribution in [0.5, 0.6) is 0 Å². The lowest BCUT2D eigenvalue weighted by molar-refractivity contribution is -0.112. The Balaban J connectivity index is 1.56. The number of hydrogen-bond acceptors (Lipinski definition) is 4. The first-order valence-corrected chi connectivity index (χ1v) is 10.3. The van der Waals surface area contributed by atoms with E-state index in [9.17, 15) is 9.59 Å².